The summed E-state index contributed by atoms with van der Waals surface area (Å²) in [4.78, 5) is 11.1. The Bertz CT molecular complexity index is 430. The average Bonchev–Trinajstić information content (AvgIpc) is 2.84. The molecule has 19 heavy (non-hydrogen) atoms. The molecule has 4 heteroatoms. The molecule has 1 aromatic rings. The molecular formula is C15H20O4. The van der Waals surface area contributed by atoms with E-state index in [4.69, 9.17) is 14.6 Å². The van der Waals surface area contributed by atoms with Gasteiger partial charge in [0.2, 0.25) is 0 Å². The lowest BCUT2D eigenvalue weighted by Gasteiger charge is -2.19. The van der Waals surface area contributed by atoms with Crippen molar-refractivity contribution in [1.29, 1.82) is 0 Å². The van der Waals surface area contributed by atoms with E-state index in [0.29, 0.717) is 13.0 Å². The SMILES string of the molecule is CC(C)(Cc1ccc(OC2CCOC2)cc1)C(=O)O. The number of benzene rings is 1. The Morgan fingerprint density at radius 1 is 1.42 bits per heavy atom. The monoisotopic (exact) mass is 264 g/mol. The summed E-state index contributed by atoms with van der Waals surface area (Å²) in [6, 6.07) is 7.64. The van der Waals surface area contributed by atoms with Crippen LogP contribution in [0.15, 0.2) is 24.3 Å². The third-order valence-corrected chi connectivity index (χ3v) is 3.34. The van der Waals surface area contributed by atoms with Gasteiger partial charge in [-0.2, -0.15) is 0 Å². The summed E-state index contributed by atoms with van der Waals surface area (Å²) in [5.74, 6) is 0.0308. The van der Waals surface area contributed by atoms with Gasteiger partial charge in [0, 0.05) is 6.42 Å². The van der Waals surface area contributed by atoms with Gasteiger partial charge in [0.25, 0.3) is 0 Å². The molecule has 1 heterocycles. The maximum Gasteiger partial charge on any atom is 0.309 e. The van der Waals surface area contributed by atoms with Gasteiger partial charge >= 0.3 is 5.97 Å². The second kappa shape index (κ2) is 5.61. The van der Waals surface area contributed by atoms with Gasteiger partial charge in [0.15, 0.2) is 0 Å². The third-order valence-electron chi connectivity index (χ3n) is 3.34. The highest BCUT2D eigenvalue weighted by Crippen LogP contribution is 2.24. The second-order valence-corrected chi connectivity index (χ2v) is 5.61. The van der Waals surface area contributed by atoms with Gasteiger partial charge in [-0.15, -0.1) is 0 Å². The number of ether oxygens (including phenoxy) is 2. The van der Waals surface area contributed by atoms with Crippen LogP contribution >= 0.6 is 0 Å². The third kappa shape index (κ3) is 3.70. The molecule has 1 aromatic carbocycles. The zero-order valence-corrected chi connectivity index (χ0v) is 11.4. The predicted molar refractivity (Wildman–Crippen MR) is 71.4 cm³/mol. The van der Waals surface area contributed by atoms with E-state index in [2.05, 4.69) is 0 Å². The van der Waals surface area contributed by atoms with E-state index in [1.807, 2.05) is 24.3 Å². The largest absolute Gasteiger partial charge is 0.488 e. The molecule has 0 bridgehead atoms. The first-order chi connectivity index (χ1) is 8.97. The van der Waals surface area contributed by atoms with Crippen LogP contribution in [-0.2, 0) is 16.0 Å². The van der Waals surface area contributed by atoms with Gasteiger partial charge in [-0.25, -0.2) is 0 Å². The fourth-order valence-corrected chi connectivity index (χ4v) is 2.07. The Morgan fingerprint density at radius 3 is 2.63 bits per heavy atom. The molecule has 104 valence electrons. The summed E-state index contributed by atoms with van der Waals surface area (Å²) in [5, 5.41) is 9.11. The van der Waals surface area contributed by atoms with Crippen molar-refractivity contribution < 1.29 is 19.4 Å². The molecule has 1 aliphatic rings. The summed E-state index contributed by atoms with van der Waals surface area (Å²) in [6.45, 7) is 4.87. The number of carboxylic acid groups (broad SMARTS) is 1. The summed E-state index contributed by atoms with van der Waals surface area (Å²) in [5.41, 5.74) is 0.254. The van der Waals surface area contributed by atoms with Crippen LogP contribution < -0.4 is 4.74 Å². The van der Waals surface area contributed by atoms with E-state index in [0.717, 1.165) is 24.3 Å². The summed E-state index contributed by atoms with van der Waals surface area (Å²) >= 11 is 0. The number of hydrogen-bond donors (Lipinski definition) is 1. The first kappa shape index (κ1) is 13.9. The Labute approximate surface area is 113 Å². The lowest BCUT2D eigenvalue weighted by molar-refractivity contribution is -0.146. The minimum absolute atomic E-state index is 0.140. The Balaban J connectivity index is 1.96. The number of carboxylic acids is 1. The molecule has 2 rings (SSSR count). The molecule has 1 atom stereocenters. The average molecular weight is 264 g/mol. The van der Waals surface area contributed by atoms with Crippen LogP contribution in [-0.4, -0.2) is 30.4 Å². The molecule has 1 aliphatic heterocycles. The van der Waals surface area contributed by atoms with Crippen LogP contribution in [0.1, 0.15) is 25.8 Å². The molecule has 1 unspecified atom stereocenters. The minimum Gasteiger partial charge on any atom is -0.488 e. The van der Waals surface area contributed by atoms with Crippen molar-refractivity contribution in [1.82, 2.24) is 0 Å². The van der Waals surface area contributed by atoms with E-state index in [9.17, 15) is 4.79 Å². The lowest BCUT2D eigenvalue weighted by Crippen LogP contribution is -2.26. The summed E-state index contributed by atoms with van der Waals surface area (Å²) < 4.78 is 11.0. The maximum absolute atomic E-state index is 11.1. The number of aliphatic carboxylic acids is 1. The highest BCUT2D eigenvalue weighted by atomic mass is 16.5. The summed E-state index contributed by atoms with van der Waals surface area (Å²) in [6.07, 6.45) is 1.57. The molecule has 0 saturated carbocycles. The van der Waals surface area contributed by atoms with Gasteiger partial charge < -0.3 is 14.6 Å². The van der Waals surface area contributed by atoms with Crippen LogP contribution in [0.3, 0.4) is 0 Å². The van der Waals surface area contributed by atoms with Gasteiger partial charge in [-0.1, -0.05) is 12.1 Å². The fraction of sp³-hybridized carbons (Fsp3) is 0.533. The highest BCUT2D eigenvalue weighted by molar-refractivity contribution is 5.74. The topological polar surface area (TPSA) is 55.8 Å². The van der Waals surface area contributed by atoms with E-state index in [1.165, 1.54) is 0 Å². The normalized spacial score (nSPS) is 19.4. The van der Waals surface area contributed by atoms with Gasteiger partial charge in [0.1, 0.15) is 11.9 Å². The van der Waals surface area contributed by atoms with E-state index >= 15 is 0 Å². The molecule has 0 aliphatic carbocycles. The summed E-state index contributed by atoms with van der Waals surface area (Å²) in [7, 11) is 0. The molecule has 1 N–H and O–H groups in total. The molecule has 0 radical (unpaired) electrons. The van der Waals surface area contributed by atoms with Crippen molar-refractivity contribution in [2.45, 2.75) is 32.8 Å². The van der Waals surface area contributed by atoms with E-state index < -0.39 is 11.4 Å². The first-order valence-corrected chi connectivity index (χ1v) is 6.54. The molecule has 1 saturated heterocycles. The fourth-order valence-electron chi connectivity index (χ4n) is 2.07. The number of hydrogen-bond acceptors (Lipinski definition) is 3. The smallest absolute Gasteiger partial charge is 0.309 e. The first-order valence-electron chi connectivity index (χ1n) is 6.54. The van der Waals surface area contributed by atoms with Crippen molar-refractivity contribution >= 4 is 5.97 Å². The molecule has 0 spiro atoms. The quantitative estimate of drug-likeness (QED) is 0.887. The zero-order chi connectivity index (χ0) is 13.9. The second-order valence-electron chi connectivity index (χ2n) is 5.61. The maximum atomic E-state index is 11.1. The van der Waals surface area contributed by atoms with Gasteiger partial charge in [-0.3, -0.25) is 4.79 Å². The van der Waals surface area contributed by atoms with Crippen LogP contribution in [0.4, 0.5) is 0 Å². The molecule has 1 fully saturated rings. The molecule has 4 nitrogen and oxygen atoms in total. The predicted octanol–water partition coefficient (Wildman–Crippen LogP) is 2.51. The standard InChI is InChI=1S/C15H20O4/c1-15(2,14(16)17)9-11-3-5-12(6-4-11)19-13-7-8-18-10-13/h3-6,13H,7-10H2,1-2H3,(H,16,17). The Morgan fingerprint density at radius 2 is 2.11 bits per heavy atom. The van der Waals surface area contributed by atoms with Crippen molar-refractivity contribution in [2.75, 3.05) is 13.2 Å². The van der Waals surface area contributed by atoms with Gasteiger partial charge in [-0.05, 0) is 38.0 Å². The van der Waals surface area contributed by atoms with Crippen LogP contribution in [0.25, 0.3) is 0 Å². The highest BCUT2D eigenvalue weighted by Gasteiger charge is 2.27. The Kier molecular flexibility index (Phi) is 4.10. The zero-order valence-electron chi connectivity index (χ0n) is 11.4. The molecule has 0 aromatic heterocycles. The van der Waals surface area contributed by atoms with E-state index in [1.54, 1.807) is 13.8 Å². The Hall–Kier alpha value is -1.55. The van der Waals surface area contributed by atoms with Crippen molar-refractivity contribution in [3.05, 3.63) is 29.8 Å². The van der Waals surface area contributed by atoms with Crippen molar-refractivity contribution in [3.8, 4) is 5.75 Å². The van der Waals surface area contributed by atoms with Crippen molar-refractivity contribution in [3.63, 3.8) is 0 Å². The number of carbonyl (C=O) groups is 1. The lowest BCUT2D eigenvalue weighted by atomic mass is 9.86. The van der Waals surface area contributed by atoms with E-state index in [-0.39, 0.29) is 6.10 Å². The molecular weight excluding hydrogens is 244 g/mol. The van der Waals surface area contributed by atoms with Crippen LogP contribution in [0, 0.1) is 5.41 Å². The van der Waals surface area contributed by atoms with Crippen LogP contribution in [0.2, 0.25) is 0 Å². The van der Waals surface area contributed by atoms with Crippen LogP contribution in [0.5, 0.6) is 5.75 Å². The minimum atomic E-state index is -0.782. The van der Waals surface area contributed by atoms with Gasteiger partial charge in [0.05, 0.1) is 18.6 Å². The van der Waals surface area contributed by atoms with Crippen molar-refractivity contribution in [2.24, 2.45) is 5.41 Å². The number of rotatable bonds is 5. The molecule has 0 amide bonds.